The summed E-state index contributed by atoms with van der Waals surface area (Å²) in [7, 11) is 0. The molecule has 2 nitrogen and oxygen atoms in total. The SMILES string of the molecule is Cc1cccc(CC(C)N)c1OCc1ccc(F)cc1Br. The molecule has 2 aromatic carbocycles. The van der Waals surface area contributed by atoms with E-state index in [-0.39, 0.29) is 11.9 Å². The van der Waals surface area contributed by atoms with Gasteiger partial charge in [-0.2, -0.15) is 0 Å². The standard InChI is InChI=1S/C17H19BrFNO/c1-11-4-3-5-13(8-12(2)20)17(11)21-10-14-6-7-15(19)9-16(14)18/h3-7,9,12H,8,10,20H2,1-2H3. The third kappa shape index (κ3) is 4.29. The summed E-state index contributed by atoms with van der Waals surface area (Å²) in [6.45, 7) is 4.38. The van der Waals surface area contributed by atoms with E-state index >= 15 is 0 Å². The van der Waals surface area contributed by atoms with Crippen molar-refractivity contribution in [2.45, 2.75) is 32.9 Å². The molecule has 0 fully saturated rings. The molecule has 0 aliphatic carbocycles. The molecule has 0 heterocycles. The highest BCUT2D eigenvalue weighted by Crippen LogP contribution is 2.27. The van der Waals surface area contributed by atoms with Gasteiger partial charge in [-0.25, -0.2) is 4.39 Å². The molecule has 0 radical (unpaired) electrons. The molecule has 2 N–H and O–H groups in total. The van der Waals surface area contributed by atoms with Gasteiger partial charge in [0.1, 0.15) is 18.2 Å². The minimum Gasteiger partial charge on any atom is -0.488 e. The van der Waals surface area contributed by atoms with E-state index in [1.165, 1.54) is 12.1 Å². The van der Waals surface area contributed by atoms with Gasteiger partial charge in [0.25, 0.3) is 0 Å². The maximum absolute atomic E-state index is 13.1. The molecule has 2 rings (SSSR count). The van der Waals surface area contributed by atoms with Crippen molar-refractivity contribution < 1.29 is 9.13 Å². The monoisotopic (exact) mass is 351 g/mol. The molecule has 0 bridgehead atoms. The van der Waals surface area contributed by atoms with Gasteiger partial charge in [0.05, 0.1) is 0 Å². The Balaban J connectivity index is 2.19. The summed E-state index contributed by atoms with van der Waals surface area (Å²) in [6.07, 6.45) is 0.765. The van der Waals surface area contributed by atoms with Gasteiger partial charge in [-0.05, 0) is 43.5 Å². The summed E-state index contributed by atoms with van der Waals surface area (Å²) in [5.41, 5.74) is 8.97. The first-order chi connectivity index (χ1) is 9.97. The van der Waals surface area contributed by atoms with E-state index in [9.17, 15) is 4.39 Å². The van der Waals surface area contributed by atoms with Gasteiger partial charge in [0, 0.05) is 16.1 Å². The fourth-order valence-corrected chi connectivity index (χ4v) is 2.68. The zero-order valence-electron chi connectivity index (χ0n) is 12.2. The first-order valence-corrected chi connectivity index (χ1v) is 7.67. The summed E-state index contributed by atoms with van der Waals surface area (Å²) < 4.78 is 19.8. The number of hydrogen-bond donors (Lipinski definition) is 1. The minimum absolute atomic E-state index is 0.0757. The summed E-state index contributed by atoms with van der Waals surface area (Å²) in [5, 5.41) is 0. The Morgan fingerprint density at radius 1 is 1.24 bits per heavy atom. The highest BCUT2D eigenvalue weighted by molar-refractivity contribution is 9.10. The Bertz CT molecular complexity index is 628. The molecule has 0 aliphatic rings. The quantitative estimate of drug-likeness (QED) is 0.868. The maximum atomic E-state index is 13.1. The Morgan fingerprint density at radius 2 is 2.00 bits per heavy atom. The molecule has 1 atom stereocenters. The fourth-order valence-electron chi connectivity index (χ4n) is 2.22. The van der Waals surface area contributed by atoms with Gasteiger partial charge in [-0.15, -0.1) is 0 Å². The van der Waals surface area contributed by atoms with Crippen LogP contribution in [0.3, 0.4) is 0 Å². The van der Waals surface area contributed by atoms with Crippen LogP contribution in [-0.4, -0.2) is 6.04 Å². The molecule has 0 spiro atoms. The number of benzene rings is 2. The number of halogens is 2. The van der Waals surface area contributed by atoms with E-state index in [1.54, 1.807) is 6.07 Å². The maximum Gasteiger partial charge on any atom is 0.125 e. The summed E-state index contributed by atoms with van der Waals surface area (Å²) in [4.78, 5) is 0. The summed E-state index contributed by atoms with van der Waals surface area (Å²) >= 11 is 3.36. The summed E-state index contributed by atoms with van der Waals surface area (Å²) in [5.74, 6) is 0.602. The smallest absolute Gasteiger partial charge is 0.125 e. The van der Waals surface area contributed by atoms with Gasteiger partial charge in [0.2, 0.25) is 0 Å². The van der Waals surface area contributed by atoms with Crippen LogP contribution in [0.15, 0.2) is 40.9 Å². The molecule has 0 saturated carbocycles. The predicted octanol–water partition coefficient (Wildman–Crippen LogP) is 4.37. The van der Waals surface area contributed by atoms with Crippen molar-refractivity contribution in [3.05, 3.63) is 63.4 Å². The Kier molecular flexibility index (Phi) is 5.37. The summed E-state index contributed by atoms with van der Waals surface area (Å²) in [6, 6.07) is 10.7. The number of aryl methyl sites for hydroxylation is 1. The molecule has 0 aliphatic heterocycles. The predicted molar refractivity (Wildman–Crippen MR) is 87.0 cm³/mol. The number of nitrogens with two attached hydrogens (primary N) is 1. The Hall–Kier alpha value is -1.39. The second-order valence-electron chi connectivity index (χ2n) is 5.27. The number of para-hydroxylation sites is 1. The molecule has 0 saturated heterocycles. The van der Waals surface area contributed by atoms with Crippen molar-refractivity contribution in [3.63, 3.8) is 0 Å². The van der Waals surface area contributed by atoms with Crippen LogP contribution in [0.2, 0.25) is 0 Å². The van der Waals surface area contributed by atoms with Crippen molar-refractivity contribution in [1.82, 2.24) is 0 Å². The average Bonchev–Trinajstić information content (AvgIpc) is 2.39. The third-order valence-electron chi connectivity index (χ3n) is 3.22. The lowest BCUT2D eigenvalue weighted by Gasteiger charge is -2.16. The second kappa shape index (κ2) is 7.05. The molecule has 4 heteroatoms. The second-order valence-corrected chi connectivity index (χ2v) is 6.12. The highest BCUT2D eigenvalue weighted by atomic mass is 79.9. The van der Waals surface area contributed by atoms with Crippen LogP contribution < -0.4 is 10.5 Å². The van der Waals surface area contributed by atoms with E-state index in [0.29, 0.717) is 11.1 Å². The minimum atomic E-state index is -0.265. The van der Waals surface area contributed by atoms with E-state index in [4.69, 9.17) is 10.5 Å². The van der Waals surface area contributed by atoms with Crippen molar-refractivity contribution in [1.29, 1.82) is 0 Å². The lowest BCUT2D eigenvalue weighted by Crippen LogP contribution is -2.18. The molecule has 0 amide bonds. The largest absolute Gasteiger partial charge is 0.488 e. The first kappa shape index (κ1) is 16.0. The van der Waals surface area contributed by atoms with Crippen LogP contribution in [0.4, 0.5) is 4.39 Å². The Labute approximate surface area is 133 Å². The highest BCUT2D eigenvalue weighted by Gasteiger charge is 2.10. The van der Waals surface area contributed by atoms with Gasteiger partial charge < -0.3 is 10.5 Å². The zero-order valence-corrected chi connectivity index (χ0v) is 13.8. The topological polar surface area (TPSA) is 35.2 Å². The lowest BCUT2D eigenvalue weighted by molar-refractivity contribution is 0.299. The van der Waals surface area contributed by atoms with Crippen molar-refractivity contribution in [2.24, 2.45) is 5.73 Å². The number of rotatable bonds is 5. The molecule has 1 unspecified atom stereocenters. The van der Waals surface area contributed by atoms with Crippen LogP contribution in [0.1, 0.15) is 23.6 Å². The molecule has 2 aromatic rings. The van der Waals surface area contributed by atoms with Crippen LogP contribution in [0.25, 0.3) is 0 Å². The fraction of sp³-hybridized carbons (Fsp3) is 0.294. The van der Waals surface area contributed by atoms with Crippen LogP contribution in [0, 0.1) is 12.7 Å². The molecular formula is C17H19BrFNO. The third-order valence-corrected chi connectivity index (χ3v) is 3.96. The lowest BCUT2D eigenvalue weighted by atomic mass is 10.0. The zero-order chi connectivity index (χ0) is 15.4. The van der Waals surface area contributed by atoms with Crippen molar-refractivity contribution >= 4 is 15.9 Å². The van der Waals surface area contributed by atoms with Crippen LogP contribution in [-0.2, 0) is 13.0 Å². The number of hydrogen-bond acceptors (Lipinski definition) is 2. The van der Waals surface area contributed by atoms with Gasteiger partial charge in [-0.3, -0.25) is 0 Å². The average molecular weight is 352 g/mol. The van der Waals surface area contributed by atoms with Crippen molar-refractivity contribution in [3.8, 4) is 5.75 Å². The number of ether oxygens (including phenoxy) is 1. The van der Waals surface area contributed by atoms with Gasteiger partial charge in [-0.1, -0.05) is 40.2 Å². The van der Waals surface area contributed by atoms with E-state index in [2.05, 4.69) is 15.9 Å². The van der Waals surface area contributed by atoms with Crippen LogP contribution >= 0.6 is 15.9 Å². The normalized spacial score (nSPS) is 12.2. The van der Waals surface area contributed by atoms with Gasteiger partial charge in [0.15, 0.2) is 0 Å². The molecule has 0 aromatic heterocycles. The molecule has 112 valence electrons. The Morgan fingerprint density at radius 3 is 2.67 bits per heavy atom. The van der Waals surface area contributed by atoms with Crippen molar-refractivity contribution in [2.75, 3.05) is 0 Å². The molecule has 21 heavy (non-hydrogen) atoms. The molecular weight excluding hydrogens is 333 g/mol. The first-order valence-electron chi connectivity index (χ1n) is 6.88. The van der Waals surface area contributed by atoms with E-state index < -0.39 is 0 Å². The van der Waals surface area contributed by atoms with E-state index in [0.717, 1.165) is 28.9 Å². The van der Waals surface area contributed by atoms with Crippen LogP contribution in [0.5, 0.6) is 5.75 Å². The van der Waals surface area contributed by atoms with Gasteiger partial charge >= 0.3 is 0 Å². The van der Waals surface area contributed by atoms with E-state index in [1.807, 2.05) is 32.0 Å².